The molecule has 0 radical (unpaired) electrons. The van der Waals surface area contributed by atoms with Gasteiger partial charge in [0.2, 0.25) is 5.91 Å². The highest BCUT2D eigenvalue weighted by Crippen LogP contribution is 2.29. The van der Waals surface area contributed by atoms with Crippen molar-refractivity contribution in [1.29, 1.82) is 0 Å². The molecular weight excluding hydrogens is 374 g/mol. The SMILES string of the molecule is COc1cc(CNC2CCCCNC2=O)ccc1OCc1ccc([N+](=O)[O-])cc1. The quantitative estimate of drug-likeness (QED) is 0.523. The highest BCUT2D eigenvalue weighted by atomic mass is 16.6. The molecule has 1 unspecified atom stereocenters. The Hall–Kier alpha value is -3.13. The Morgan fingerprint density at radius 3 is 2.62 bits per heavy atom. The van der Waals surface area contributed by atoms with E-state index in [1.54, 1.807) is 19.2 Å². The molecule has 1 fully saturated rings. The van der Waals surface area contributed by atoms with Crippen molar-refractivity contribution in [3.63, 3.8) is 0 Å². The fourth-order valence-corrected chi connectivity index (χ4v) is 3.19. The van der Waals surface area contributed by atoms with Gasteiger partial charge in [-0.15, -0.1) is 0 Å². The molecule has 2 aromatic carbocycles. The number of nitrogens with one attached hydrogen (secondary N) is 2. The Kier molecular flexibility index (Phi) is 7.02. The van der Waals surface area contributed by atoms with E-state index < -0.39 is 4.92 Å². The second-order valence-electron chi connectivity index (χ2n) is 6.92. The van der Waals surface area contributed by atoms with E-state index in [-0.39, 0.29) is 24.2 Å². The van der Waals surface area contributed by atoms with Crippen molar-refractivity contribution in [2.24, 2.45) is 0 Å². The van der Waals surface area contributed by atoms with Crippen molar-refractivity contribution >= 4 is 11.6 Å². The topological polar surface area (TPSA) is 103 Å². The normalized spacial score (nSPS) is 16.6. The molecule has 8 heteroatoms. The Balaban J connectivity index is 1.59. The Morgan fingerprint density at radius 1 is 1.14 bits per heavy atom. The van der Waals surface area contributed by atoms with Crippen molar-refractivity contribution in [2.75, 3.05) is 13.7 Å². The van der Waals surface area contributed by atoms with Crippen LogP contribution in [-0.4, -0.2) is 30.5 Å². The number of methoxy groups -OCH3 is 1. The standard InChI is InChI=1S/C21H25N3O5/c1-28-20-12-16(13-23-18-4-2-3-11-22-21(18)25)7-10-19(20)29-14-15-5-8-17(9-6-15)24(26)27/h5-10,12,18,23H,2-4,11,13-14H2,1H3,(H,22,25). The minimum Gasteiger partial charge on any atom is -0.493 e. The minimum absolute atomic E-state index is 0.0468. The van der Waals surface area contributed by atoms with E-state index in [1.807, 2.05) is 18.2 Å². The highest BCUT2D eigenvalue weighted by molar-refractivity contribution is 5.81. The van der Waals surface area contributed by atoms with Crippen LogP contribution in [0.2, 0.25) is 0 Å². The Morgan fingerprint density at radius 2 is 1.90 bits per heavy atom. The number of benzene rings is 2. The summed E-state index contributed by atoms with van der Waals surface area (Å²) in [5.74, 6) is 1.23. The number of non-ortho nitro benzene ring substituents is 1. The second-order valence-corrected chi connectivity index (χ2v) is 6.92. The zero-order chi connectivity index (χ0) is 20.6. The van der Waals surface area contributed by atoms with Crippen LogP contribution < -0.4 is 20.1 Å². The maximum absolute atomic E-state index is 12.0. The van der Waals surface area contributed by atoms with Gasteiger partial charge in [-0.1, -0.05) is 6.07 Å². The third-order valence-electron chi connectivity index (χ3n) is 4.86. The molecule has 2 aromatic rings. The number of nitro groups is 1. The molecule has 1 amide bonds. The maximum atomic E-state index is 12.0. The van der Waals surface area contributed by atoms with Crippen LogP contribution in [0.5, 0.6) is 11.5 Å². The summed E-state index contributed by atoms with van der Waals surface area (Å²) in [5.41, 5.74) is 1.86. The monoisotopic (exact) mass is 399 g/mol. The molecule has 2 N–H and O–H groups in total. The van der Waals surface area contributed by atoms with Crippen LogP contribution in [0.3, 0.4) is 0 Å². The third-order valence-corrected chi connectivity index (χ3v) is 4.86. The Labute approximate surface area is 169 Å². The summed E-state index contributed by atoms with van der Waals surface area (Å²) in [6.07, 6.45) is 2.87. The number of hydrogen-bond acceptors (Lipinski definition) is 6. The molecule has 1 atom stereocenters. The van der Waals surface area contributed by atoms with Gasteiger partial charge >= 0.3 is 0 Å². The summed E-state index contributed by atoms with van der Waals surface area (Å²) < 4.78 is 11.3. The molecule has 1 heterocycles. The molecule has 1 aliphatic rings. The summed E-state index contributed by atoms with van der Waals surface area (Å²) >= 11 is 0. The predicted octanol–water partition coefficient (Wildman–Crippen LogP) is 2.94. The average Bonchev–Trinajstić information content (AvgIpc) is 2.95. The summed E-state index contributed by atoms with van der Waals surface area (Å²) in [7, 11) is 1.57. The zero-order valence-electron chi connectivity index (χ0n) is 16.3. The molecule has 0 aromatic heterocycles. The number of hydrogen-bond donors (Lipinski definition) is 2. The molecule has 8 nitrogen and oxygen atoms in total. The van der Waals surface area contributed by atoms with E-state index >= 15 is 0 Å². The fourth-order valence-electron chi connectivity index (χ4n) is 3.19. The smallest absolute Gasteiger partial charge is 0.269 e. The lowest BCUT2D eigenvalue weighted by Crippen LogP contribution is -2.42. The van der Waals surface area contributed by atoms with E-state index in [9.17, 15) is 14.9 Å². The van der Waals surface area contributed by atoms with Crippen molar-refractivity contribution in [1.82, 2.24) is 10.6 Å². The van der Waals surface area contributed by atoms with Gasteiger partial charge in [0.15, 0.2) is 11.5 Å². The molecule has 1 aliphatic heterocycles. The third kappa shape index (κ3) is 5.68. The van der Waals surface area contributed by atoms with Crippen LogP contribution in [0.4, 0.5) is 5.69 Å². The van der Waals surface area contributed by atoms with Crippen molar-refractivity contribution in [2.45, 2.75) is 38.5 Å². The van der Waals surface area contributed by atoms with E-state index in [4.69, 9.17) is 9.47 Å². The van der Waals surface area contributed by atoms with Gasteiger partial charge in [0.1, 0.15) is 6.61 Å². The van der Waals surface area contributed by atoms with Crippen LogP contribution in [-0.2, 0) is 17.9 Å². The summed E-state index contributed by atoms with van der Waals surface area (Å²) in [4.78, 5) is 22.3. The second kappa shape index (κ2) is 9.88. The number of carbonyl (C=O) groups excluding carboxylic acids is 1. The lowest BCUT2D eigenvalue weighted by molar-refractivity contribution is -0.384. The van der Waals surface area contributed by atoms with Crippen LogP contribution in [0, 0.1) is 10.1 Å². The molecule has 0 saturated carbocycles. The molecular formula is C21H25N3O5. The van der Waals surface area contributed by atoms with Crippen LogP contribution in [0.15, 0.2) is 42.5 Å². The Bertz CT molecular complexity index is 854. The lowest BCUT2D eigenvalue weighted by atomic mass is 10.1. The fraction of sp³-hybridized carbons (Fsp3) is 0.381. The largest absolute Gasteiger partial charge is 0.493 e. The van der Waals surface area contributed by atoms with Crippen molar-refractivity contribution in [3.05, 3.63) is 63.7 Å². The van der Waals surface area contributed by atoms with E-state index in [1.165, 1.54) is 12.1 Å². The number of nitro benzene ring substituents is 1. The van der Waals surface area contributed by atoms with Gasteiger partial charge in [0.05, 0.1) is 18.1 Å². The maximum Gasteiger partial charge on any atom is 0.269 e. The number of carbonyl (C=O) groups is 1. The van der Waals surface area contributed by atoms with Crippen LogP contribution in [0.1, 0.15) is 30.4 Å². The predicted molar refractivity (Wildman–Crippen MR) is 108 cm³/mol. The van der Waals surface area contributed by atoms with Gasteiger partial charge in [-0.3, -0.25) is 14.9 Å². The van der Waals surface area contributed by atoms with Gasteiger partial charge < -0.3 is 20.1 Å². The molecule has 29 heavy (non-hydrogen) atoms. The van der Waals surface area contributed by atoms with Crippen molar-refractivity contribution in [3.8, 4) is 11.5 Å². The van der Waals surface area contributed by atoms with Crippen LogP contribution >= 0.6 is 0 Å². The van der Waals surface area contributed by atoms with E-state index in [0.717, 1.165) is 36.9 Å². The van der Waals surface area contributed by atoms with Crippen molar-refractivity contribution < 1.29 is 19.2 Å². The van der Waals surface area contributed by atoms with Gasteiger partial charge in [0, 0.05) is 25.2 Å². The molecule has 0 aliphatic carbocycles. The van der Waals surface area contributed by atoms with Gasteiger partial charge in [-0.05, 0) is 54.7 Å². The minimum atomic E-state index is -0.431. The average molecular weight is 399 g/mol. The summed E-state index contributed by atoms with van der Waals surface area (Å²) in [6.45, 7) is 1.57. The molecule has 0 bridgehead atoms. The van der Waals surface area contributed by atoms with Gasteiger partial charge in [-0.2, -0.15) is 0 Å². The lowest BCUT2D eigenvalue weighted by Gasteiger charge is -2.16. The molecule has 1 saturated heterocycles. The van der Waals surface area contributed by atoms with Crippen LogP contribution in [0.25, 0.3) is 0 Å². The van der Waals surface area contributed by atoms with E-state index in [0.29, 0.717) is 18.0 Å². The summed E-state index contributed by atoms with van der Waals surface area (Å²) in [5, 5.41) is 17.0. The first-order valence-corrected chi connectivity index (χ1v) is 9.61. The highest BCUT2D eigenvalue weighted by Gasteiger charge is 2.20. The van der Waals surface area contributed by atoms with Gasteiger partial charge in [0.25, 0.3) is 5.69 Å². The zero-order valence-corrected chi connectivity index (χ0v) is 16.3. The number of amides is 1. The number of ether oxygens (including phenoxy) is 2. The first kappa shape index (κ1) is 20.6. The molecule has 3 rings (SSSR count). The molecule has 0 spiro atoms. The number of rotatable bonds is 8. The van der Waals surface area contributed by atoms with E-state index in [2.05, 4.69) is 10.6 Å². The number of nitrogens with zero attached hydrogens (tertiary/aromatic N) is 1. The first-order valence-electron chi connectivity index (χ1n) is 9.61. The molecule has 154 valence electrons. The first-order chi connectivity index (χ1) is 14.1. The van der Waals surface area contributed by atoms with Gasteiger partial charge in [-0.25, -0.2) is 0 Å². The summed E-state index contributed by atoms with van der Waals surface area (Å²) in [6, 6.07) is 11.7.